The number of aryl methyl sites for hydroxylation is 3. The highest BCUT2D eigenvalue weighted by atomic mass is 16.4. The van der Waals surface area contributed by atoms with Crippen LogP contribution in [-0.2, 0) is 31.2 Å². The number of aliphatic carboxylic acids is 1. The Hall–Kier alpha value is -3.49. The molecule has 0 aromatic carbocycles. The van der Waals surface area contributed by atoms with Gasteiger partial charge in [0.05, 0.1) is 35.2 Å². The Morgan fingerprint density at radius 3 is 2.69 bits per heavy atom. The number of carbonyl (C=O) groups is 1. The van der Waals surface area contributed by atoms with Crippen LogP contribution < -0.4 is 10.5 Å². The molecule has 3 aromatic heterocycles. The van der Waals surface area contributed by atoms with Crippen molar-refractivity contribution in [2.24, 2.45) is 18.9 Å². The number of hydrogen-bond donors (Lipinski definition) is 1. The smallest absolute Gasteiger partial charge is 0.306 e. The van der Waals surface area contributed by atoms with E-state index in [0.717, 1.165) is 67.1 Å². The minimum atomic E-state index is -0.706. The number of pyridine rings is 2. The van der Waals surface area contributed by atoms with Crippen molar-refractivity contribution in [1.82, 2.24) is 24.5 Å². The zero-order chi connectivity index (χ0) is 25.8. The first-order chi connectivity index (χ1) is 17.4. The van der Waals surface area contributed by atoms with E-state index in [1.807, 2.05) is 32.3 Å². The molecule has 1 aliphatic rings. The summed E-state index contributed by atoms with van der Waals surface area (Å²) >= 11 is 0. The molecule has 0 unspecified atom stereocenters. The average molecular weight is 493 g/mol. The van der Waals surface area contributed by atoms with Crippen molar-refractivity contribution in [3.05, 3.63) is 57.8 Å². The van der Waals surface area contributed by atoms with E-state index < -0.39 is 5.97 Å². The highest BCUT2D eigenvalue weighted by Gasteiger charge is 2.33. The van der Waals surface area contributed by atoms with E-state index in [1.165, 1.54) is 0 Å². The van der Waals surface area contributed by atoms with Crippen LogP contribution >= 0.6 is 0 Å². The maximum atomic E-state index is 12.5. The number of aromatic nitrogens is 5. The monoisotopic (exact) mass is 492 g/mol. The quantitative estimate of drug-likeness (QED) is 0.461. The van der Waals surface area contributed by atoms with Gasteiger partial charge in [-0.15, -0.1) is 5.10 Å². The number of carboxylic acids is 1. The van der Waals surface area contributed by atoms with Gasteiger partial charge in [-0.25, -0.2) is 9.67 Å². The predicted molar refractivity (Wildman–Crippen MR) is 139 cm³/mol. The summed E-state index contributed by atoms with van der Waals surface area (Å²) in [6.07, 6.45) is 6.11. The van der Waals surface area contributed by atoms with Gasteiger partial charge in [-0.3, -0.25) is 9.59 Å². The van der Waals surface area contributed by atoms with Gasteiger partial charge in [0.2, 0.25) is 0 Å². The Bertz CT molecular complexity index is 1280. The first kappa shape index (κ1) is 25.6. The molecule has 1 N–H and O–H groups in total. The second-order valence-corrected chi connectivity index (χ2v) is 9.63. The Balaban J connectivity index is 1.62. The third kappa shape index (κ3) is 5.20. The molecule has 9 nitrogen and oxygen atoms in total. The van der Waals surface area contributed by atoms with Gasteiger partial charge in [0, 0.05) is 32.4 Å². The molecule has 0 bridgehead atoms. The maximum Gasteiger partial charge on any atom is 0.306 e. The van der Waals surface area contributed by atoms with Crippen molar-refractivity contribution in [1.29, 1.82) is 0 Å². The average Bonchev–Trinajstić information content (AvgIpc) is 3.48. The second kappa shape index (κ2) is 11.1. The number of rotatable bonds is 10. The summed E-state index contributed by atoms with van der Waals surface area (Å²) in [5, 5.41) is 18.2. The van der Waals surface area contributed by atoms with E-state index in [9.17, 15) is 14.7 Å². The molecule has 2 atom stereocenters. The summed E-state index contributed by atoms with van der Waals surface area (Å²) in [7, 11) is 1.83. The molecule has 0 spiro atoms. The minimum absolute atomic E-state index is 0.0603. The topological polar surface area (TPSA) is 106 Å². The minimum Gasteiger partial charge on any atom is -0.481 e. The van der Waals surface area contributed by atoms with E-state index in [4.69, 9.17) is 4.98 Å². The van der Waals surface area contributed by atoms with E-state index in [0.29, 0.717) is 18.7 Å². The molecule has 1 aliphatic heterocycles. The van der Waals surface area contributed by atoms with Gasteiger partial charge >= 0.3 is 5.97 Å². The van der Waals surface area contributed by atoms with Gasteiger partial charge < -0.3 is 14.6 Å². The van der Waals surface area contributed by atoms with Crippen LogP contribution in [0, 0.1) is 11.8 Å². The Labute approximate surface area is 211 Å². The third-order valence-corrected chi connectivity index (χ3v) is 7.27. The van der Waals surface area contributed by atoms with Gasteiger partial charge in [-0.2, -0.15) is 0 Å². The fraction of sp³-hybridized carbons (Fsp3) is 0.519. The Morgan fingerprint density at radius 2 is 2.00 bits per heavy atom. The second-order valence-electron chi connectivity index (χ2n) is 9.63. The fourth-order valence-electron chi connectivity index (χ4n) is 5.27. The molecular weight excluding hydrogens is 456 g/mol. The van der Waals surface area contributed by atoms with Crippen LogP contribution in [0.4, 0.5) is 5.69 Å². The summed E-state index contributed by atoms with van der Waals surface area (Å²) in [5.41, 5.74) is 5.29. The maximum absolute atomic E-state index is 12.5. The molecule has 4 rings (SSSR count). The zero-order valence-electron chi connectivity index (χ0n) is 21.6. The standard InChI is InChI=1S/C27H36N6O3/c1-5-8-18-9-12-25(34)33(15-18)17-24-26(29-30-31(24)4)22-10-11-23(21(7-3)28-22)32-14-13-19(16-32)20(6-2)27(35)36/h9-12,15,19-20H,5-8,13-14,16-17H2,1-4H3,(H,35,36)/t19-,20+/m1/s1. The van der Waals surface area contributed by atoms with Gasteiger partial charge in [0.25, 0.3) is 5.56 Å². The van der Waals surface area contributed by atoms with Crippen LogP contribution in [0.1, 0.15) is 57.0 Å². The molecule has 4 heterocycles. The van der Waals surface area contributed by atoms with Gasteiger partial charge in [-0.05, 0) is 49.3 Å². The summed E-state index contributed by atoms with van der Waals surface area (Å²) in [6.45, 7) is 8.06. The van der Waals surface area contributed by atoms with Crippen LogP contribution in [0.3, 0.4) is 0 Å². The molecule has 36 heavy (non-hydrogen) atoms. The van der Waals surface area contributed by atoms with Crippen LogP contribution in [0.5, 0.6) is 0 Å². The summed E-state index contributed by atoms with van der Waals surface area (Å²) in [6, 6.07) is 7.53. The SMILES string of the molecule is CCCc1ccc(=O)n(Cc2c(-c3ccc(N4CC[C@@H]([C@H](CC)C(=O)O)C4)c(CC)n3)nnn2C)c1. The number of nitrogens with zero attached hydrogens (tertiary/aromatic N) is 6. The first-order valence-electron chi connectivity index (χ1n) is 12.9. The van der Waals surface area contributed by atoms with Crippen molar-refractivity contribution in [3.8, 4) is 11.4 Å². The number of carboxylic acid groups (broad SMARTS) is 1. The van der Waals surface area contributed by atoms with E-state index in [-0.39, 0.29) is 17.4 Å². The lowest BCUT2D eigenvalue weighted by molar-refractivity contribution is -0.143. The molecule has 1 saturated heterocycles. The molecule has 0 amide bonds. The summed E-state index contributed by atoms with van der Waals surface area (Å²) in [4.78, 5) is 31.4. The van der Waals surface area contributed by atoms with Crippen molar-refractivity contribution < 1.29 is 9.90 Å². The molecular formula is C27H36N6O3. The highest BCUT2D eigenvalue weighted by molar-refractivity contribution is 5.71. The van der Waals surface area contributed by atoms with Crippen LogP contribution in [0.2, 0.25) is 0 Å². The largest absolute Gasteiger partial charge is 0.481 e. The van der Waals surface area contributed by atoms with Gasteiger partial charge in [0.15, 0.2) is 0 Å². The van der Waals surface area contributed by atoms with Crippen molar-refractivity contribution in [3.63, 3.8) is 0 Å². The molecule has 3 aromatic rings. The predicted octanol–water partition coefficient (Wildman–Crippen LogP) is 3.54. The lowest BCUT2D eigenvalue weighted by Crippen LogP contribution is -2.27. The lowest BCUT2D eigenvalue weighted by atomic mass is 9.89. The first-order valence-corrected chi connectivity index (χ1v) is 12.9. The lowest BCUT2D eigenvalue weighted by Gasteiger charge is -2.23. The third-order valence-electron chi connectivity index (χ3n) is 7.27. The summed E-state index contributed by atoms with van der Waals surface area (Å²) < 4.78 is 3.41. The molecule has 9 heteroatoms. The van der Waals surface area contributed by atoms with Crippen LogP contribution in [0.25, 0.3) is 11.4 Å². The van der Waals surface area contributed by atoms with Crippen LogP contribution in [0.15, 0.2) is 35.3 Å². The number of hydrogen-bond acceptors (Lipinski definition) is 6. The van der Waals surface area contributed by atoms with Crippen molar-refractivity contribution in [2.45, 2.75) is 59.4 Å². The van der Waals surface area contributed by atoms with E-state index in [2.05, 4.69) is 35.1 Å². The van der Waals surface area contributed by atoms with Gasteiger partial charge in [0.1, 0.15) is 5.69 Å². The molecule has 0 aliphatic carbocycles. The normalized spacial score (nSPS) is 16.4. The van der Waals surface area contributed by atoms with Crippen molar-refractivity contribution >= 4 is 11.7 Å². The molecule has 1 fully saturated rings. The molecule has 0 radical (unpaired) electrons. The van der Waals surface area contributed by atoms with E-state index >= 15 is 0 Å². The molecule has 192 valence electrons. The van der Waals surface area contributed by atoms with Crippen LogP contribution in [-0.4, -0.2) is 48.7 Å². The fourth-order valence-corrected chi connectivity index (χ4v) is 5.27. The number of anilines is 1. The Morgan fingerprint density at radius 1 is 1.19 bits per heavy atom. The molecule has 0 saturated carbocycles. The Kier molecular flexibility index (Phi) is 7.86. The summed E-state index contributed by atoms with van der Waals surface area (Å²) in [5.74, 6) is -0.873. The van der Waals surface area contributed by atoms with E-state index in [1.54, 1.807) is 15.3 Å². The van der Waals surface area contributed by atoms with Gasteiger partial charge in [-0.1, -0.05) is 38.5 Å². The zero-order valence-corrected chi connectivity index (χ0v) is 21.6. The van der Waals surface area contributed by atoms with Crippen molar-refractivity contribution in [2.75, 3.05) is 18.0 Å². The highest BCUT2D eigenvalue weighted by Crippen LogP contribution is 2.33.